The number of nitrogens with zero attached hydrogens (tertiary/aromatic N) is 3. The molecule has 3 aromatic heterocycles. The molecule has 1 N–H and O–H groups in total. The summed E-state index contributed by atoms with van der Waals surface area (Å²) in [6, 6.07) is 8.14. The molecule has 2 bridgehead atoms. The van der Waals surface area contributed by atoms with Crippen LogP contribution in [0.1, 0.15) is 84.7 Å². The van der Waals surface area contributed by atoms with Crippen molar-refractivity contribution >= 4 is 46.6 Å². The van der Waals surface area contributed by atoms with Crippen molar-refractivity contribution in [1.29, 1.82) is 0 Å². The van der Waals surface area contributed by atoms with E-state index in [0.717, 1.165) is 73.8 Å². The van der Waals surface area contributed by atoms with Gasteiger partial charge in [-0.15, -0.1) is 11.3 Å². The predicted molar refractivity (Wildman–Crippen MR) is 163 cm³/mol. The van der Waals surface area contributed by atoms with Crippen molar-refractivity contribution in [3.8, 4) is 21.8 Å². The van der Waals surface area contributed by atoms with Crippen molar-refractivity contribution in [2.24, 2.45) is 5.41 Å². The molecule has 0 saturated heterocycles. The smallest absolute Gasteiger partial charge is 0.355 e. The molecule has 4 saturated carbocycles. The van der Waals surface area contributed by atoms with Gasteiger partial charge in [-0.1, -0.05) is 64.8 Å². The largest absolute Gasteiger partial charge is 0.476 e. The van der Waals surface area contributed by atoms with Crippen LogP contribution in [0.15, 0.2) is 52.6 Å². The van der Waals surface area contributed by atoms with Crippen molar-refractivity contribution in [1.82, 2.24) is 15.1 Å². The standard InChI is InChI=1S/C32H29Cl2N3O4S/c33-23-15-35-16-24(34)26(23)27-22(28(41-37-27)20-5-6-20)17-40-32-12-9-31(10-13-32,11-14-32)8-7-19-1-3-21(4-2-19)29-36-25(18-42-29)30(38)39/h1-4,7-8,15-16,18,20H,5-6,9-14,17H2,(H,38,39). The van der Waals surface area contributed by atoms with E-state index >= 15 is 0 Å². The number of hydrogen-bond acceptors (Lipinski definition) is 7. The summed E-state index contributed by atoms with van der Waals surface area (Å²) in [5, 5.41) is 16.7. The number of pyridine rings is 1. The molecule has 4 aromatic rings. The molecule has 3 heterocycles. The van der Waals surface area contributed by atoms with Crippen LogP contribution in [0.25, 0.3) is 27.9 Å². The third kappa shape index (κ3) is 5.30. The second kappa shape index (κ2) is 10.9. The fourth-order valence-corrected chi connectivity index (χ4v) is 7.69. The van der Waals surface area contributed by atoms with Crippen molar-refractivity contribution in [3.05, 3.63) is 80.7 Å². The number of halogens is 2. The van der Waals surface area contributed by atoms with E-state index in [4.69, 9.17) is 37.6 Å². The molecule has 0 radical (unpaired) electrons. The zero-order chi connectivity index (χ0) is 28.9. The van der Waals surface area contributed by atoms with Gasteiger partial charge >= 0.3 is 5.97 Å². The van der Waals surface area contributed by atoms with Crippen LogP contribution in [0.2, 0.25) is 10.0 Å². The van der Waals surface area contributed by atoms with E-state index in [0.29, 0.717) is 38.8 Å². The Hall–Kier alpha value is -3.04. The van der Waals surface area contributed by atoms with Crippen LogP contribution in [-0.2, 0) is 11.3 Å². The molecule has 4 fully saturated rings. The average molecular weight is 623 g/mol. The summed E-state index contributed by atoms with van der Waals surface area (Å²) in [7, 11) is 0. The molecule has 216 valence electrons. The Kier molecular flexibility index (Phi) is 7.21. The highest BCUT2D eigenvalue weighted by Gasteiger charge is 2.48. The van der Waals surface area contributed by atoms with E-state index in [-0.39, 0.29) is 16.7 Å². The minimum absolute atomic E-state index is 0.0838. The molecular weight excluding hydrogens is 593 g/mol. The Balaban J connectivity index is 1.02. The number of aromatic carboxylic acids is 1. The molecule has 0 atom stereocenters. The fourth-order valence-electron chi connectivity index (χ4n) is 6.35. The Morgan fingerprint density at radius 1 is 1.07 bits per heavy atom. The predicted octanol–water partition coefficient (Wildman–Crippen LogP) is 9.07. The van der Waals surface area contributed by atoms with Crippen molar-refractivity contribution < 1.29 is 19.2 Å². The first-order chi connectivity index (χ1) is 20.3. The second-order valence-corrected chi connectivity index (χ2v) is 13.4. The molecule has 0 spiro atoms. The van der Waals surface area contributed by atoms with Gasteiger partial charge in [0.15, 0.2) is 5.69 Å². The number of allylic oxidation sites excluding steroid dienone is 1. The van der Waals surface area contributed by atoms with Gasteiger partial charge in [0, 0.05) is 40.4 Å². The number of aromatic nitrogens is 3. The van der Waals surface area contributed by atoms with Crippen LogP contribution in [-0.4, -0.2) is 31.8 Å². The number of benzene rings is 1. The minimum atomic E-state index is -1.00. The number of ether oxygens (including phenoxy) is 1. The highest BCUT2D eigenvalue weighted by atomic mass is 35.5. The number of carbonyl (C=O) groups is 1. The van der Waals surface area contributed by atoms with Gasteiger partial charge in [0.1, 0.15) is 16.5 Å². The molecule has 42 heavy (non-hydrogen) atoms. The number of hydrogen-bond donors (Lipinski definition) is 1. The lowest BCUT2D eigenvalue weighted by Crippen LogP contribution is -2.46. The van der Waals surface area contributed by atoms with Crippen LogP contribution >= 0.6 is 34.5 Å². The van der Waals surface area contributed by atoms with Gasteiger partial charge in [0.05, 0.1) is 22.3 Å². The topological polar surface area (TPSA) is 98.3 Å². The highest BCUT2D eigenvalue weighted by Crippen LogP contribution is 2.55. The second-order valence-electron chi connectivity index (χ2n) is 11.8. The Bertz CT molecular complexity index is 1630. The highest BCUT2D eigenvalue weighted by molar-refractivity contribution is 7.13. The summed E-state index contributed by atoms with van der Waals surface area (Å²) in [4.78, 5) is 19.4. The summed E-state index contributed by atoms with van der Waals surface area (Å²) in [6.07, 6.45) is 16.3. The maximum atomic E-state index is 11.1. The van der Waals surface area contributed by atoms with Crippen LogP contribution in [0, 0.1) is 5.41 Å². The van der Waals surface area contributed by atoms with Crippen molar-refractivity contribution in [2.45, 2.75) is 69.5 Å². The first-order valence-corrected chi connectivity index (χ1v) is 15.9. The molecule has 1 aromatic carbocycles. The maximum absolute atomic E-state index is 11.1. The minimum Gasteiger partial charge on any atom is -0.476 e. The van der Waals surface area contributed by atoms with Crippen LogP contribution in [0.3, 0.4) is 0 Å². The molecule has 0 unspecified atom stereocenters. The summed E-state index contributed by atoms with van der Waals surface area (Å²) >= 11 is 14.3. The van der Waals surface area contributed by atoms with Crippen LogP contribution < -0.4 is 0 Å². The first-order valence-electron chi connectivity index (χ1n) is 14.2. The van der Waals surface area contributed by atoms with E-state index in [1.54, 1.807) is 17.8 Å². The van der Waals surface area contributed by atoms with E-state index in [2.05, 4.69) is 39.4 Å². The van der Waals surface area contributed by atoms with Gasteiger partial charge in [0.25, 0.3) is 0 Å². The lowest BCUT2D eigenvalue weighted by molar-refractivity contribution is -0.133. The van der Waals surface area contributed by atoms with Crippen molar-refractivity contribution in [3.63, 3.8) is 0 Å². The van der Waals surface area contributed by atoms with Gasteiger partial charge in [-0.05, 0) is 62.3 Å². The molecule has 0 amide bonds. The molecular formula is C32H29Cl2N3O4S. The van der Waals surface area contributed by atoms with E-state index in [1.165, 1.54) is 11.3 Å². The molecule has 0 aliphatic heterocycles. The van der Waals surface area contributed by atoms with E-state index in [1.807, 2.05) is 12.1 Å². The molecule has 8 rings (SSSR count). The van der Waals surface area contributed by atoms with Crippen LogP contribution in [0.5, 0.6) is 0 Å². The van der Waals surface area contributed by atoms with Crippen LogP contribution in [0.4, 0.5) is 0 Å². The maximum Gasteiger partial charge on any atom is 0.355 e. The van der Waals surface area contributed by atoms with Gasteiger partial charge in [-0.2, -0.15) is 0 Å². The number of fused-ring (bicyclic) bond motifs is 3. The number of rotatable bonds is 9. The fraction of sp³-hybridized carbons (Fsp3) is 0.375. The zero-order valence-electron chi connectivity index (χ0n) is 22.8. The molecule has 10 heteroatoms. The van der Waals surface area contributed by atoms with Gasteiger partial charge in [0.2, 0.25) is 0 Å². The third-order valence-electron chi connectivity index (χ3n) is 9.13. The summed E-state index contributed by atoms with van der Waals surface area (Å²) in [6.45, 7) is 0.432. The molecule has 7 nitrogen and oxygen atoms in total. The number of carboxylic acids is 1. The lowest BCUT2D eigenvalue weighted by Gasteiger charge is -2.52. The molecule has 4 aliphatic carbocycles. The van der Waals surface area contributed by atoms with Gasteiger partial charge in [-0.25, -0.2) is 9.78 Å². The SMILES string of the molecule is O=C(O)c1csc(-c2ccc(C=CC34CCC(OCc5c(-c6c(Cl)cncc6Cl)noc5C5CC5)(CC3)CC4)cc2)n1. The third-order valence-corrected chi connectivity index (χ3v) is 10.6. The normalized spacial score (nSPS) is 23.6. The first kappa shape index (κ1) is 27.8. The lowest BCUT2D eigenvalue weighted by atomic mass is 9.58. The Morgan fingerprint density at radius 2 is 1.76 bits per heavy atom. The number of carboxylic acid groups (broad SMARTS) is 1. The Labute approximate surface area is 257 Å². The van der Waals surface area contributed by atoms with E-state index < -0.39 is 5.97 Å². The summed E-state index contributed by atoms with van der Waals surface area (Å²) in [5.41, 5.74) is 4.47. The summed E-state index contributed by atoms with van der Waals surface area (Å²) < 4.78 is 12.6. The quantitative estimate of drug-likeness (QED) is 0.199. The summed E-state index contributed by atoms with van der Waals surface area (Å²) in [5.74, 6) is 0.282. The van der Waals surface area contributed by atoms with Gasteiger partial charge in [-0.3, -0.25) is 4.98 Å². The average Bonchev–Trinajstić information content (AvgIpc) is 3.56. The van der Waals surface area contributed by atoms with E-state index in [9.17, 15) is 4.79 Å². The molecule has 4 aliphatic rings. The number of thiazole rings is 1. The van der Waals surface area contributed by atoms with Crippen molar-refractivity contribution in [2.75, 3.05) is 0 Å². The Morgan fingerprint density at radius 3 is 2.38 bits per heavy atom. The van der Waals surface area contributed by atoms with Gasteiger partial charge < -0.3 is 14.4 Å². The monoisotopic (exact) mass is 621 g/mol. The zero-order valence-corrected chi connectivity index (χ0v) is 25.1.